The van der Waals surface area contributed by atoms with Crippen LogP contribution in [0.2, 0.25) is 0 Å². The summed E-state index contributed by atoms with van der Waals surface area (Å²) < 4.78 is 3.87. The highest BCUT2D eigenvalue weighted by Gasteiger charge is 2.27. The van der Waals surface area contributed by atoms with Gasteiger partial charge in [-0.05, 0) is 42.3 Å². The predicted molar refractivity (Wildman–Crippen MR) is 79.8 cm³/mol. The first kappa shape index (κ1) is 15.2. The maximum absolute atomic E-state index is 12.6. The van der Waals surface area contributed by atoms with Crippen LogP contribution in [0.15, 0.2) is 21.5 Å². The third kappa shape index (κ3) is 2.53. The van der Waals surface area contributed by atoms with E-state index in [9.17, 15) is 9.90 Å². The molecule has 7 heteroatoms. The number of pyridine rings is 1. The van der Waals surface area contributed by atoms with Gasteiger partial charge in [0.25, 0.3) is 0 Å². The SMILES string of the molecule is CC(C)(CO)n1c(=O)n(CCCO)c2cc(Br)cnc21. The molecule has 0 saturated carbocycles. The number of hydrogen-bond acceptors (Lipinski definition) is 4. The number of aliphatic hydroxyl groups is 2. The number of fused-ring (bicyclic) bond motifs is 1. The summed E-state index contributed by atoms with van der Waals surface area (Å²) in [6, 6.07) is 1.82. The van der Waals surface area contributed by atoms with Gasteiger partial charge in [0.1, 0.15) is 0 Å². The molecule has 0 saturated heterocycles. The second-order valence-electron chi connectivity index (χ2n) is 5.31. The lowest BCUT2D eigenvalue weighted by molar-refractivity contribution is 0.163. The third-order valence-electron chi connectivity index (χ3n) is 3.27. The van der Waals surface area contributed by atoms with E-state index in [1.165, 1.54) is 4.57 Å². The van der Waals surface area contributed by atoms with Crippen molar-refractivity contribution in [2.24, 2.45) is 0 Å². The van der Waals surface area contributed by atoms with E-state index >= 15 is 0 Å². The highest BCUT2D eigenvalue weighted by atomic mass is 79.9. The average Bonchev–Trinajstić information content (AvgIpc) is 2.68. The largest absolute Gasteiger partial charge is 0.396 e. The monoisotopic (exact) mass is 343 g/mol. The minimum atomic E-state index is -0.735. The summed E-state index contributed by atoms with van der Waals surface area (Å²) in [6.07, 6.45) is 2.12. The summed E-state index contributed by atoms with van der Waals surface area (Å²) >= 11 is 3.35. The Balaban J connectivity index is 2.76. The van der Waals surface area contributed by atoms with Crippen LogP contribution in [0.3, 0.4) is 0 Å². The van der Waals surface area contributed by atoms with Gasteiger partial charge in [-0.15, -0.1) is 0 Å². The molecule has 2 heterocycles. The van der Waals surface area contributed by atoms with Crippen molar-refractivity contribution >= 4 is 27.1 Å². The van der Waals surface area contributed by atoms with Crippen molar-refractivity contribution in [3.05, 3.63) is 27.2 Å². The van der Waals surface area contributed by atoms with Gasteiger partial charge in [-0.1, -0.05) is 0 Å². The summed E-state index contributed by atoms with van der Waals surface area (Å²) in [7, 11) is 0. The van der Waals surface area contributed by atoms with E-state index in [2.05, 4.69) is 20.9 Å². The van der Waals surface area contributed by atoms with E-state index in [1.54, 1.807) is 24.6 Å². The normalized spacial score (nSPS) is 12.2. The second-order valence-corrected chi connectivity index (χ2v) is 6.23. The van der Waals surface area contributed by atoms with Gasteiger partial charge >= 0.3 is 5.69 Å². The topological polar surface area (TPSA) is 80.3 Å². The maximum Gasteiger partial charge on any atom is 0.330 e. The zero-order valence-corrected chi connectivity index (χ0v) is 13.1. The fourth-order valence-electron chi connectivity index (χ4n) is 2.17. The van der Waals surface area contributed by atoms with Crippen LogP contribution < -0.4 is 5.69 Å². The van der Waals surface area contributed by atoms with Gasteiger partial charge < -0.3 is 10.2 Å². The van der Waals surface area contributed by atoms with Crippen LogP contribution in [0, 0.1) is 0 Å². The first-order chi connectivity index (χ1) is 9.42. The second kappa shape index (κ2) is 5.67. The van der Waals surface area contributed by atoms with Gasteiger partial charge in [0.15, 0.2) is 5.65 Å². The zero-order valence-electron chi connectivity index (χ0n) is 11.5. The number of aryl methyl sites for hydroxylation is 1. The van der Waals surface area contributed by atoms with E-state index in [-0.39, 0.29) is 18.9 Å². The molecule has 0 aliphatic rings. The molecule has 0 spiro atoms. The summed E-state index contributed by atoms with van der Waals surface area (Å²) in [4.78, 5) is 16.9. The van der Waals surface area contributed by atoms with Crippen molar-refractivity contribution < 1.29 is 10.2 Å². The van der Waals surface area contributed by atoms with Crippen molar-refractivity contribution in [3.8, 4) is 0 Å². The zero-order chi connectivity index (χ0) is 14.9. The van der Waals surface area contributed by atoms with Crippen LogP contribution in [0.25, 0.3) is 11.2 Å². The van der Waals surface area contributed by atoms with Crippen LogP contribution in [0.5, 0.6) is 0 Å². The third-order valence-corrected chi connectivity index (χ3v) is 3.70. The number of aliphatic hydroxyl groups excluding tert-OH is 2. The summed E-state index contributed by atoms with van der Waals surface area (Å²) in [5, 5.41) is 18.5. The molecule has 0 aliphatic carbocycles. The molecule has 0 fully saturated rings. The molecule has 6 nitrogen and oxygen atoms in total. The molecule has 0 unspecified atom stereocenters. The van der Waals surface area contributed by atoms with E-state index in [4.69, 9.17) is 5.11 Å². The Morgan fingerprint density at radius 2 is 2.10 bits per heavy atom. The first-order valence-electron chi connectivity index (χ1n) is 6.41. The number of rotatable bonds is 5. The van der Waals surface area contributed by atoms with Crippen molar-refractivity contribution in [2.75, 3.05) is 13.2 Å². The molecular formula is C13H18BrN3O3. The molecule has 2 rings (SSSR count). The van der Waals surface area contributed by atoms with Crippen LogP contribution in [-0.4, -0.2) is 37.5 Å². The Bertz CT molecular complexity index is 675. The smallest absolute Gasteiger partial charge is 0.330 e. The molecule has 2 aromatic rings. The molecular weight excluding hydrogens is 326 g/mol. The van der Waals surface area contributed by atoms with Gasteiger partial charge in [0.2, 0.25) is 0 Å². The maximum atomic E-state index is 12.6. The Morgan fingerprint density at radius 1 is 1.40 bits per heavy atom. The summed E-state index contributed by atoms with van der Waals surface area (Å²) in [6.45, 7) is 3.84. The average molecular weight is 344 g/mol. The van der Waals surface area contributed by atoms with Gasteiger partial charge in [-0.3, -0.25) is 9.13 Å². The number of aromatic nitrogens is 3. The number of halogens is 1. The molecule has 2 N–H and O–H groups in total. The fraction of sp³-hybridized carbons (Fsp3) is 0.538. The number of nitrogens with zero attached hydrogens (tertiary/aromatic N) is 3. The minimum Gasteiger partial charge on any atom is -0.396 e. The van der Waals surface area contributed by atoms with E-state index in [0.29, 0.717) is 24.1 Å². The van der Waals surface area contributed by atoms with Gasteiger partial charge in [-0.2, -0.15) is 0 Å². The van der Waals surface area contributed by atoms with Crippen LogP contribution in [0.1, 0.15) is 20.3 Å². The standard InChI is InChI=1S/C13H18BrN3O3/c1-13(2,8-19)17-11-10(6-9(14)7-15-11)16(12(17)20)4-3-5-18/h6-7,18-19H,3-5,8H2,1-2H3. The van der Waals surface area contributed by atoms with Gasteiger partial charge in [0, 0.05) is 23.8 Å². The van der Waals surface area contributed by atoms with E-state index in [1.807, 2.05) is 6.07 Å². The molecule has 0 atom stereocenters. The Morgan fingerprint density at radius 3 is 2.70 bits per heavy atom. The lowest BCUT2D eigenvalue weighted by atomic mass is 10.1. The quantitative estimate of drug-likeness (QED) is 0.850. The van der Waals surface area contributed by atoms with E-state index < -0.39 is 5.54 Å². The molecule has 110 valence electrons. The van der Waals surface area contributed by atoms with Crippen LogP contribution in [0.4, 0.5) is 0 Å². The first-order valence-corrected chi connectivity index (χ1v) is 7.20. The fourth-order valence-corrected chi connectivity index (χ4v) is 2.49. The molecule has 0 aliphatic heterocycles. The molecule has 0 bridgehead atoms. The lowest BCUT2D eigenvalue weighted by Crippen LogP contribution is -2.39. The van der Waals surface area contributed by atoms with Crippen molar-refractivity contribution in [3.63, 3.8) is 0 Å². The van der Waals surface area contributed by atoms with Crippen molar-refractivity contribution in [1.82, 2.24) is 14.1 Å². The highest BCUT2D eigenvalue weighted by molar-refractivity contribution is 9.10. The van der Waals surface area contributed by atoms with E-state index in [0.717, 1.165) is 4.47 Å². The van der Waals surface area contributed by atoms with Crippen molar-refractivity contribution in [1.29, 1.82) is 0 Å². The Kier molecular flexibility index (Phi) is 4.31. The highest BCUT2D eigenvalue weighted by Crippen LogP contribution is 2.22. The minimum absolute atomic E-state index is 0.0178. The summed E-state index contributed by atoms with van der Waals surface area (Å²) in [5.74, 6) is 0. The predicted octanol–water partition coefficient (Wildman–Crippen LogP) is 1.07. The number of imidazole rings is 1. The number of hydrogen-bond donors (Lipinski definition) is 2. The van der Waals surface area contributed by atoms with Crippen LogP contribution >= 0.6 is 15.9 Å². The molecule has 0 aromatic carbocycles. The lowest BCUT2D eigenvalue weighted by Gasteiger charge is -2.23. The Hall–Kier alpha value is -1.18. The molecule has 20 heavy (non-hydrogen) atoms. The molecule has 2 aromatic heterocycles. The summed E-state index contributed by atoms with van der Waals surface area (Å²) in [5.41, 5.74) is 0.272. The molecule has 0 radical (unpaired) electrons. The molecule has 0 amide bonds. The Labute approximate surface area is 124 Å². The van der Waals surface area contributed by atoms with Gasteiger partial charge in [0.05, 0.1) is 17.7 Å². The van der Waals surface area contributed by atoms with Gasteiger partial charge in [-0.25, -0.2) is 9.78 Å². The van der Waals surface area contributed by atoms with Crippen molar-refractivity contribution in [2.45, 2.75) is 32.4 Å². The van der Waals surface area contributed by atoms with Crippen LogP contribution in [-0.2, 0) is 12.1 Å².